The topological polar surface area (TPSA) is 102 Å². The molecule has 0 bridgehead atoms. The summed E-state index contributed by atoms with van der Waals surface area (Å²) in [5.41, 5.74) is 9.51. The molecule has 10 aromatic rings. The van der Waals surface area contributed by atoms with Crippen molar-refractivity contribution in [3.8, 4) is 59.2 Å². The third-order valence-electron chi connectivity index (χ3n) is 21.1. The highest BCUT2D eigenvalue weighted by atomic mass is 19.2. The van der Waals surface area contributed by atoms with Crippen molar-refractivity contribution in [2.24, 2.45) is 29.6 Å². The highest BCUT2D eigenvalue weighted by Crippen LogP contribution is 2.25. The summed E-state index contributed by atoms with van der Waals surface area (Å²) < 4.78 is 105. The Balaban J connectivity index is 0.000000147. The first kappa shape index (κ1) is 87.6. The molecule has 15 rings (SSSR count). The summed E-state index contributed by atoms with van der Waals surface area (Å²) in [5.74, 6) is 27.1. The molecule has 5 amide bonds. The Morgan fingerprint density at radius 3 is 0.883 bits per heavy atom. The molecule has 0 aliphatic carbocycles. The van der Waals surface area contributed by atoms with Crippen LogP contribution in [0.4, 0.5) is 35.1 Å². The van der Waals surface area contributed by atoms with Gasteiger partial charge in [-0.3, -0.25) is 24.0 Å². The van der Waals surface area contributed by atoms with Crippen LogP contribution in [0.2, 0.25) is 0 Å². The fourth-order valence-corrected chi connectivity index (χ4v) is 13.5. The van der Waals surface area contributed by atoms with Gasteiger partial charge in [0.05, 0.1) is 11.1 Å². The van der Waals surface area contributed by atoms with Crippen LogP contribution >= 0.6 is 0 Å². The Kier molecular flexibility index (Phi) is 30.9. The molecule has 0 radical (unpaired) electrons. The lowest BCUT2D eigenvalue weighted by Crippen LogP contribution is -2.48. The number of likely N-dealkylation sites (tertiary alicyclic amines) is 5. The summed E-state index contributed by atoms with van der Waals surface area (Å²) >= 11 is 0. The van der Waals surface area contributed by atoms with Crippen molar-refractivity contribution in [2.45, 2.75) is 80.1 Å². The van der Waals surface area contributed by atoms with E-state index in [1.807, 2.05) is 48.8 Å². The van der Waals surface area contributed by atoms with Gasteiger partial charge in [-0.2, -0.15) is 0 Å². The standard InChI is InChI=1S/C22H22FNO.2C21H19F2NO.C19H15F2NO.C19H16FNO/c1-16-11-13-24(14-12-16)22(25)20-8-5-18(6-9-20)3-4-19-7-10-21(23)17(2)15-19;1-15-10-12-24(13-11-15)21(25)18-6-3-16(4-7-18)2-5-17-8-9-19(22)14-20(17)23;1-15-8-10-24(11-9-15)21(25)18-6-4-16(5-7-18)2-3-17-12-19(22)14-20(23)13-17;1-13-11-22(12-13)19(23)16-7-4-14(5-8-16)2-3-15-6-9-17(20)18(21)10-15;1-14-12-21(13-14)19(22)17-10-7-15(8-11-17)6-9-16-4-2-3-5-18(16)20/h5-10,15-16H,11-14H2,1-2H3;3-4,6-9,14-15H,10-13H2,1H3;4-7,12-15H,8-11H2,1H3;4-10,13H,11-12H2,1H3;2-5,7-8,10-11,14H,12-13H2,1H3. The molecule has 610 valence electrons. The zero-order valence-electron chi connectivity index (χ0n) is 67.8. The van der Waals surface area contributed by atoms with Crippen molar-refractivity contribution in [1.82, 2.24) is 24.5 Å². The van der Waals surface area contributed by atoms with Crippen LogP contribution in [0.15, 0.2) is 218 Å². The molecule has 10 aromatic carbocycles. The smallest absolute Gasteiger partial charge is 0.253 e. The number of hydrogen-bond donors (Lipinski definition) is 0. The summed E-state index contributed by atoms with van der Waals surface area (Å²) in [7, 11) is 0. The lowest BCUT2D eigenvalue weighted by Gasteiger charge is -2.37. The van der Waals surface area contributed by atoms with Crippen LogP contribution in [0.3, 0.4) is 0 Å². The van der Waals surface area contributed by atoms with E-state index >= 15 is 0 Å². The van der Waals surface area contributed by atoms with Gasteiger partial charge in [0, 0.05) is 150 Å². The van der Waals surface area contributed by atoms with Gasteiger partial charge in [0.1, 0.15) is 34.9 Å². The summed E-state index contributed by atoms with van der Waals surface area (Å²) in [6.07, 6.45) is 6.31. The quantitative estimate of drug-likeness (QED) is 0.126. The normalized spacial score (nSPS) is 14.5. The molecular weight excluding hydrogens is 1530 g/mol. The van der Waals surface area contributed by atoms with E-state index in [0.29, 0.717) is 90.8 Å². The second kappa shape index (κ2) is 42.3. The zero-order chi connectivity index (χ0) is 85.4. The maximum atomic E-state index is 13.6. The molecule has 5 saturated heterocycles. The number of carbonyl (C=O) groups excluding carboxylic acids is 5. The largest absolute Gasteiger partial charge is 0.339 e. The number of piperidine rings is 3. The first-order valence-corrected chi connectivity index (χ1v) is 40.2. The van der Waals surface area contributed by atoms with E-state index in [0.717, 1.165) is 145 Å². The molecule has 0 N–H and O–H groups in total. The Morgan fingerprint density at radius 2 is 0.550 bits per heavy atom. The second-order valence-corrected chi connectivity index (χ2v) is 31.0. The van der Waals surface area contributed by atoms with E-state index in [1.54, 1.807) is 134 Å². The molecular formula is C102H91F8N5O5. The average Bonchev–Trinajstić information content (AvgIpc) is 0.813. The Hall–Kier alpha value is -13.2. The van der Waals surface area contributed by atoms with Crippen LogP contribution < -0.4 is 0 Å². The van der Waals surface area contributed by atoms with Crippen LogP contribution in [0.25, 0.3) is 0 Å². The van der Waals surface area contributed by atoms with Crippen LogP contribution in [0.5, 0.6) is 0 Å². The highest BCUT2D eigenvalue weighted by molar-refractivity contribution is 5.97. The zero-order valence-corrected chi connectivity index (χ0v) is 67.8. The first-order chi connectivity index (χ1) is 57.7. The van der Waals surface area contributed by atoms with Gasteiger partial charge in [0.15, 0.2) is 11.6 Å². The first-order valence-electron chi connectivity index (χ1n) is 40.2. The third kappa shape index (κ3) is 25.6. The van der Waals surface area contributed by atoms with Crippen LogP contribution in [-0.4, -0.2) is 119 Å². The highest BCUT2D eigenvalue weighted by Gasteiger charge is 2.30. The minimum Gasteiger partial charge on any atom is -0.339 e. The molecule has 18 heteroatoms. The Morgan fingerprint density at radius 1 is 0.250 bits per heavy atom. The molecule has 120 heavy (non-hydrogen) atoms. The number of rotatable bonds is 5. The number of aryl methyl sites for hydroxylation is 1. The number of halogens is 8. The summed E-state index contributed by atoms with van der Waals surface area (Å²) in [4.78, 5) is 71.1. The fourth-order valence-electron chi connectivity index (χ4n) is 13.5. The summed E-state index contributed by atoms with van der Waals surface area (Å²) in [6, 6.07) is 56.8. The molecule has 5 aliphatic heterocycles. The van der Waals surface area contributed by atoms with E-state index in [9.17, 15) is 59.1 Å². The van der Waals surface area contributed by atoms with Gasteiger partial charge in [-0.25, -0.2) is 35.1 Å². The van der Waals surface area contributed by atoms with E-state index in [1.165, 1.54) is 42.5 Å². The number of hydrogen-bond acceptors (Lipinski definition) is 5. The van der Waals surface area contributed by atoms with Gasteiger partial charge < -0.3 is 24.5 Å². The second-order valence-electron chi connectivity index (χ2n) is 31.0. The van der Waals surface area contributed by atoms with Gasteiger partial charge in [-0.05, 0) is 275 Å². The van der Waals surface area contributed by atoms with E-state index < -0.39 is 34.9 Å². The lowest BCUT2D eigenvalue weighted by atomic mass is 9.98. The SMILES string of the molecule is CC1CCN(C(=O)c2ccc(C#Cc3cc(F)cc(F)c3)cc2)CC1.CC1CCN(C(=O)c2ccc(C#Cc3ccc(F)cc3F)cc2)CC1.CC1CN(C(=O)c2ccc(C#Cc3ccc(F)c(F)c3)cc2)C1.CC1CN(C(=O)c2ccc(C#Cc3ccccc3F)cc2)C1.Cc1cc(C#Cc2ccc(C(=O)N3CCC(C)CC3)cc2)ccc1F. The van der Waals surface area contributed by atoms with Crippen molar-refractivity contribution in [2.75, 3.05) is 65.4 Å². The minimum absolute atomic E-state index is 0.0308. The molecule has 0 saturated carbocycles. The van der Waals surface area contributed by atoms with Crippen molar-refractivity contribution < 1.29 is 59.1 Å². The van der Waals surface area contributed by atoms with Crippen molar-refractivity contribution >= 4 is 29.5 Å². The molecule has 0 atom stereocenters. The maximum absolute atomic E-state index is 13.6. The van der Waals surface area contributed by atoms with Gasteiger partial charge in [-0.15, -0.1) is 0 Å². The maximum Gasteiger partial charge on any atom is 0.253 e. The fraction of sp³-hybridized carbons (Fsp3) is 0.265. The molecule has 5 fully saturated rings. The average molecular weight is 1620 g/mol. The summed E-state index contributed by atoms with van der Waals surface area (Å²) in [5, 5.41) is 0. The van der Waals surface area contributed by atoms with Gasteiger partial charge in [-0.1, -0.05) is 106 Å². The number of carbonyl (C=O) groups is 5. The number of nitrogens with zero attached hydrogens (tertiary/aromatic N) is 5. The number of amides is 5. The third-order valence-corrected chi connectivity index (χ3v) is 21.1. The predicted octanol–water partition coefficient (Wildman–Crippen LogP) is 19.7. The number of benzene rings is 10. The predicted molar refractivity (Wildman–Crippen MR) is 452 cm³/mol. The van der Waals surface area contributed by atoms with Gasteiger partial charge in [0.2, 0.25) is 0 Å². The minimum atomic E-state index is -0.915. The van der Waals surface area contributed by atoms with Crippen LogP contribution in [-0.2, 0) is 0 Å². The Labute approximate surface area is 697 Å². The monoisotopic (exact) mass is 1620 g/mol. The van der Waals surface area contributed by atoms with Crippen LogP contribution in [0.1, 0.15) is 186 Å². The van der Waals surface area contributed by atoms with Gasteiger partial charge >= 0.3 is 0 Å². The van der Waals surface area contributed by atoms with Gasteiger partial charge in [0.25, 0.3) is 29.5 Å². The van der Waals surface area contributed by atoms with E-state index in [4.69, 9.17) is 0 Å². The Bertz CT molecular complexity index is 5620. The van der Waals surface area contributed by atoms with E-state index in [-0.39, 0.29) is 52.3 Å². The van der Waals surface area contributed by atoms with Crippen molar-refractivity contribution in [3.05, 3.63) is 354 Å². The summed E-state index contributed by atoms with van der Waals surface area (Å²) in [6.45, 7) is 20.7. The van der Waals surface area contributed by atoms with Crippen molar-refractivity contribution in [3.63, 3.8) is 0 Å². The molecule has 5 heterocycles. The lowest BCUT2D eigenvalue weighted by molar-refractivity contribution is 0.0525. The molecule has 0 aromatic heterocycles. The van der Waals surface area contributed by atoms with E-state index in [2.05, 4.69) is 93.8 Å². The molecule has 0 spiro atoms. The van der Waals surface area contributed by atoms with Crippen LogP contribution in [0, 0.1) is 142 Å². The molecule has 10 nitrogen and oxygen atoms in total. The molecule has 0 unspecified atom stereocenters. The molecule has 5 aliphatic rings. The van der Waals surface area contributed by atoms with Crippen molar-refractivity contribution in [1.29, 1.82) is 0 Å².